The predicted molar refractivity (Wildman–Crippen MR) is 109 cm³/mol. The Morgan fingerprint density at radius 3 is 2.32 bits per heavy atom. The molecule has 0 bridgehead atoms. The van der Waals surface area contributed by atoms with Gasteiger partial charge in [0.15, 0.2) is 6.61 Å². The van der Waals surface area contributed by atoms with Gasteiger partial charge in [-0.05, 0) is 30.7 Å². The second-order valence-electron chi connectivity index (χ2n) is 5.77. The van der Waals surface area contributed by atoms with Crippen LogP contribution in [0.2, 0.25) is 15.1 Å². The summed E-state index contributed by atoms with van der Waals surface area (Å²) in [5.74, 6) is -1.52. The number of rotatable bonds is 7. The standard InChI is InChI=1S/C19H17Cl3N2O4/c1-11-4-2-3-5-13(11)19(27)23-7-6-17(26)28-10-16(25)24-18-14(21)8-12(20)9-15(18)22/h2-5,8-9H,6-7,10H2,1H3,(H,23,27)(H,24,25). The summed E-state index contributed by atoms with van der Waals surface area (Å²) in [4.78, 5) is 35.7. The van der Waals surface area contributed by atoms with E-state index in [0.29, 0.717) is 10.6 Å². The van der Waals surface area contributed by atoms with Crippen LogP contribution in [0.5, 0.6) is 0 Å². The summed E-state index contributed by atoms with van der Waals surface area (Å²) < 4.78 is 4.88. The van der Waals surface area contributed by atoms with Gasteiger partial charge >= 0.3 is 5.97 Å². The van der Waals surface area contributed by atoms with E-state index in [9.17, 15) is 14.4 Å². The van der Waals surface area contributed by atoms with Crippen molar-refractivity contribution in [3.8, 4) is 0 Å². The molecule has 0 heterocycles. The first kappa shape index (κ1) is 22.0. The van der Waals surface area contributed by atoms with Gasteiger partial charge in [0, 0.05) is 17.1 Å². The Morgan fingerprint density at radius 2 is 1.68 bits per heavy atom. The minimum absolute atomic E-state index is 0.0760. The number of amides is 2. The number of hydrogen-bond donors (Lipinski definition) is 2. The van der Waals surface area contributed by atoms with Gasteiger partial charge in [-0.2, -0.15) is 0 Å². The van der Waals surface area contributed by atoms with Crippen molar-refractivity contribution in [2.75, 3.05) is 18.5 Å². The molecule has 0 aliphatic heterocycles. The molecule has 0 aliphatic rings. The topological polar surface area (TPSA) is 84.5 Å². The molecule has 9 heteroatoms. The lowest BCUT2D eigenvalue weighted by Gasteiger charge is -2.10. The number of carbonyl (C=O) groups excluding carboxylic acids is 3. The van der Waals surface area contributed by atoms with Gasteiger partial charge in [0.25, 0.3) is 11.8 Å². The Hall–Kier alpha value is -2.28. The van der Waals surface area contributed by atoms with Crippen molar-refractivity contribution in [1.29, 1.82) is 0 Å². The molecule has 0 atom stereocenters. The summed E-state index contributed by atoms with van der Waals surface area (Å²) in [6.07, 6.45) is -0.0760. The fourth-order valence-corrected chi connectivity index (χ4v) is 3.17. The molecule has 0 unspecified atom stereocenters. The van der Waals surface area contributed by atoms with E-state index < -0.39 is 18.5 Å². The van der Waals surface area contributed by atoms with Crippen LogP contribution in [0.1, 0.15) is 22.3 Å². The van der Waals surface area contributed by atoms with E-state index in [0.717, 1.165) is 5.56 Å². The Kier molecular flexibility index (Phi) is 8.11. The molecule has 2 N–H and O–H groups in total. The van der Waals surface area contributed by atoms with Crippen molar-refractivity contribution in [3.05, 3.63) is 62.6 Å². The van der Waals surface area contributed by atoms with Crippen LogP contribution in [-0.2, 0) is 14.3 Å². The Balaban J connectivity index is 1.74. The van der Waals surface area contributed by atoms with E-state index >= 15 is 0 Å². The van der Waals surface area contributed by atoms with Crippen LogP contribution in [0.3, 0.4) is 0 Å². The number of esters is 1. The predicted octanol–water partition coefficient (Wildman–Crippen LogP) is 4.26. The number of aryl methyl sites for hydroxylation is 1. The van der Waals surface area contributed by atoms with Crippen LogP contribution >= 0.6 is 34.8 Å². The zero-order valence-electron chi connectivity index (χ0n) is 14.9. The third-order valence-corrected chi connectivity index (χ3v) is 4.45. The van der Waals surface area contributed by atoms with Crippen molar-refractivity contribution in [2.45, 2.75) is 13.3 Å². The average molecular weight is 444 g/mol. The third-order valence-electron chi connectivity index (χ3n) is 3.64. The molecule has 6 nitrogen and oxygen atoms in total. The average Bonchev–Trinajstić information content (AvgIpc) is 2.63. The van der Waals surface area contributed by atoms with Crippen molar-refractivity contribution >= 4 is 58.3 Å². The summed E-state index contributed by atoms with van der Waals surface area (Å²) >= 11 is 17.7. The summed E-state index contributed by atoms with van der Waals surface area (Å²) in [6.45, 7) is 1.39. The third kappa shape index (κ3) is 6.41. The minimum Gasteiger partial charge on any atom is -0.456 e. The van der Waals surface area contributed by atoms with Crippen LogP contribution in [0, 0.1) is 6.92 Å². The summed E-state index contributed by atoms with van der Waals surface area (Å²) in [6, 6.07) is 9.95. The highest BCUT2D eigenvalue weighted by atomic mass is 35.5. The quantitative estimate of drug-likeness (QED) is 0.626. The van der Waals surface area contributed by atoms with E-state index in [-0.39, 0.29) is 34.6 Å². The van der Waals surface area contributed by atoms with Crippen LogP contribution in [-0.4, -0.2) is 30.9 Å². The molecule has 0 radical (unpaired) electrons. The van der Waals surface area contributed by atoms with Crippen LogP contribution in [0.15, 0.2) is 36.4 Å². The van der Waals surface area contributed by atoms with Gasteiger partial charge in [0.1, 0.15) is 0 Å². The van der Waals surface area contributed by atoms with Gasteiger partial charge in [-0.15, -0.1) is 0 Å². The number of hydrogen-bond acceptors (Lipinski definition) is 4. The normalized spacial score (nSPS) is 10.3. The molecule has 0 spiro atoms. The molecule has 2 aromatic carbocycles. The first-order valence-corrected chi connectivity index (χ1v) is 9.35. The molecule has 2 aromatic rings. The molecule has 2 amide bonds. The molecule has 0 fully saturated rings. The molecule has 148 valence electrons. The lowest BCUT2D eigenvalue weighted by Crippen LogP contribution is -2.28. The number of benzene rings is 2. The fourth-order valence-electron chi connectivity index (χ4n) is 2.26. The summed E-state index contributed by atoms with van der Waals surface area (Å²) in [7, 11) is 0. The number of halogens is 3. The maximum Gasteiger partial charge on any atom is 0.308 e. The highest BCUT2D eigenvalue weighted by Gasteiger charge is 2.14. The Labute approximate surface area is 177 Å². The zero-order chi connectivity index (χ0) is 20.7. The molecule has 0 saturated carbocycles. The lowest BCUT2D eigenvalue weighted by atomic mass is 10.1. The summed E-state index contributed by atoms with van der Waals surface area (Å²) in [5.41, 5.74) is 1.55. The number of carbonyl (C=O) groups is 3. The minimum atomic E-state index is -0.631. The van der Waals surface area contributed by atoms with Crippen molar-refractivity contribution in [1.82, 2.24) is 5.32 Å². The molecular formula is C19H17Cl3N2O4. The monoisotopic (exact) mass is 442 g/mol. The van der Waals surface area contributed by atoms with Gasteiger partial charge in [-0.3, -0.25) is 14.4 Å². The van der Waals surface area contributed by atoms with Crippen LogP contribution in [0.25, 0.3) is 0 Å². The Bertz CT molecular complexity index is 879. The zero-order valence-corrected chi connectivity index (χ0v) is 17.1. The molecule has 0 saturated heterocycles. The van der Waals surface area contributed by atoms with Crippen LogP contribution in [0.4, 0.5) is 5.69 Å². The first-order valence-electron chi connectivity index (χ1n) is 8.21. The van der Waals surface area contributed by atoms with E-state index in [1.165, 1.54) is 12.1 Å². The highest BCUT2D eigenvalue weighted by molar-refractivity contribution is 6.42. The summed E-state index contributed by atoms with van der Waals surface area (Å²) in [5, 5.41) is 5.74. The second kappa shape index (κ2) is 10.3. The molecule has 0 aliphatic carbocycles. The van der Waals surface area contributed by atoms with Crippen molar-refractivity contribution in [2.24, 2.45) is 0 Å². The largest absolute Gasteiger partial charge is 0.456 e. The molecular weight excluding hydrogens is 427 g/mol. The second-order valence-corrected chi connectivity index (χ2v) is 7.02. The van der Waals surface area contributed by atoms with E-state index in [1.54, 1.807) is 12.1 Å². The van der Waals surface area contributed by atoms with E-state index in [2.05, 4.69) is 10.6 Å². The van der Waals surface area contributed by atoms with Crippen molar-refractivity contribution < 1.29 is 19.1 Å². The van der Waals surface area contributed by atoms with Crippen LogP contribution < -0.4 is 10.6 Å². The molecule has 28 heavy (non-hydrogen) atoms. The van der Waals surface area contributed by atoms with Gasteiger partial charge in [0.2, 0.25) is 0 Å². The highest BCUT2D eigenvalue weighted by Crippen LogP contribution is 2.33. The number of ether oxygens (including phenoxy) is 1. The number of anilines is 1. The maximum atomic E-state index is 12.0. The Morgan fingerprint density at radius 1 is 1.04 bits per heavy atom. The maximum absolute atomic E-state index is 12.0. The van der Waals surface area contributed by atoms with Gasteiger partial charge in [-0.25, -0.2) is 0 Å². The lowest BCUT2D eigenvalue weighted by molar-refractivity contribution is -0.147. The molecule has 0 aromatic heterocycles. The van der Waals surface area contributed by atoms with Gasteiger partial charge in [-0.1, -0.05) is 53.0 Å². The van der Waals surface area contributed by atoms with Gasteiger partial charge in [0.05, 0.1) is 22.2 Å². The molecule has 2 rings (SSSR count). The van der Waals surface area contributed by atoms with Crippen molar-refractivity contribution in [3.63, 3.8) is 0 Å². The first-order chi connectivity index (χ1) is 13.3. The van der Waals surface area contributed by atoms with E-state index in [4.69, 9.17) is 39.5 Å². The van der Waals surface area contributed by atoms with Gasteiger partial charge < -0.3 is 15.4 Å². The SMILES string of the molecule is Cc1ccccc1C(=O)NCCC(=O)OCC(=O)Nc1c(Cl)cc(Cl)cc1Cl. The smallest absolute Gasteiger partial charge is 0.308 e. The number of nitrogens with one attached hydrogen (secondary N) is 2. The fraction of sp³-hybridized carbons (Fsp3) is 0.211. The van der Waals surface area contributed by atoms with E-state index in [1.807, 2.05) is 19.1 Å².